The zero-order valence-electron chi connectivity index (χ0n) is 11.6. The number of rotatable bonds is 7. The zero-order valence-corrected chi connectivity index (χ0v) is 12.4. The van der Waals surface area contributed by atoms with Gasteiger partial charge in [-0.1, -0.05) is 25.1 Å². The lowest BCUT2D eigenvalue weighted by Crippen LogP contribution is -2.29. The number of amides is 1. The van der Waals surface area contributed by atoms with Crippen molar-refractivity contribution in [3.05, 3.63) is 35.4 Å². The molecule has 5 nitrogen and oxygen atoms in total. The Morgan fingerprint density at radius 3 is 2.60 bits per heavy atom. The van der Waals surface area contributed by atoms with Gasteiger partial charge in [-0.3, -0.25) is 9.00 Å². The molecule has 0 aliphatic rings. The average molecular weight is 297 g/mol. The highest BCUT2D eigenvalue weighted by atomic mass is 32.2. The van der Waals surface area contributed by atoms with E-state index in [0.29, 0.717) is 18.5 Å². The van der Waals surface area contributed by atoms with Gasteiger partial charge in [-0.15, -0.1) is 0 Å². The van der Waals surface area contributed by atoms with Crippen LogP contribution in [0.15, 0.2) is 24.3 Å². The molecule has 2 N–H and O–H groups in total. The molecular weight excluding hydrogens is 278 g/mol. The van der Waals surface area contributed by atoms with Crippen LogP contribution in [0.5, 0.6) is 0 Å². The Kier molecular flexibility index (Phi) is 6.38. The molecule has 0 radical (unpaired) electrons. The number of aromatic carboxylic acids is 1. The Morgan fingerprint density at radius 1 is 1.35 bits per heavy atom. The van der Waals surface area contributed by atoms with Crippen LogP contribution in [0.3, 0.4) is 0 Å². The highest BCUT2D eigenvalue weighted by Crippen LogP contribution is 2.09. The van der Waals surface area contributed by atoms with Crippen molar-refractivity contribution in [1.29, 1.82) is 0 Å². The van der Waals surface area contributed by atoms with Gasteiger partial charge in [0.15, 0.2) is 0 Å². The van der Waals surface area contributed by atoms with Gasteiger partial charge < -0.3 is 10.4 Å². The Morgan fingerprint density at radius 2 is 2.00 bits per heavy atom. The predicted molar refractivity (Wildman–Crippen MR) is 78.3 cm³/mol. The molecule has 0 aliphatic heterocycles. The third kappa shape index (κ3) is 5.13. The molecule has 0 saturated heterocycles. The summed E-state index contributed by atoms with van der Waals surface area (Å²) < 4.78 is 11.2. The van der Waals surface area contributed by atoms with Gasteiger partial charge in [0, 0.05) is 28.9 Å². The van der Waals surface area contributed by atoms with Gasteiger partial charge in [0.05, 0.1) is 12.0 Å². The van der Waals surface area contributed by atoms with E-state index in [-0.39, 0.29) is 23.1 Å². The van der Waals surface area contributed by atoms with Crippen LogP contribution in [0.1, 0.15) is 29.3 Å². The number of benzene rings is 1. The van der Waals surface area contributed by atoms with E-state index in [9.17, 15) is 13.8 Å². The normalized spacial score (nSPS) is 13.5. The van der Waals surface area contributed by atoms with Crippen LogP contribution in [-0.2, 0) is 22.0 Å². The standard InChI is InChI=1S/C14H19NO4S/c1-10(20(2)19)7-8-15-13(16)9-11-5-3-4-6-12(11)14(17)18/h3-6,10H,7-9H2,1-2H3,(H,15,16)(H,17,18). The highest BCUT2D eigenvalue weighted by molar-refractivity contribution is 7.84. The summed E-state index contributed by atoms with van der Waals surface area (Å²) in [6.07, 6.45) is 2.30. The van der Waals surface area contributed by atoms with E-state index in [1.54, 1.807) is 24.5 Å². The van der Waals surface area contributed by atoms with E-state index in [0.717, 1.165) is 0 Å². The average Bonchev–Trinajstić information content (AvgIpc) is 2.38. The fourth-order valence-electron chi connectivity index (χ4n) is 1.70. The first-order chi connectivity index (χ1) is 9.41. The summed E-state index contributed by atoms with van der Waals surface area (Å²) in [7, 11) is -0.902. The zero-order chi connectivity index (χ0) is 15.1. The lowest BCUT2D eigenvalue weighted by Gasteiger charge is -2.10. The Bertz CT molecular complexity index is 516. The highest BCUT2D eigenvalue weighted by Gasteiger charge is 2.12. The fraction of sp³-hybridized carbons (Fsp3) is 0.429. The molecule has 6 heteroatoms. The molecule has 110 valence electrons. The molecular formula is C14H19NO4S. The SMILES string of the molecule is CC(CCNC(=O)Cc1ccccc1C(=O)O)S(C)=O. The predicted octanol–water partition coefficient (Wildman–Crippen LogP) is 1.20. The first kappa shape index (κ1) is 16.4. The van der Waals surface area contributed by atoms with Gasteiger partial charge in [0.2, 0.25) is 5.91 Å². The second-order valence-corrected chi connectivity index (χ2v) is 6.39. The van der Waals surface area contributed by atoms with Crippen LogP contribution in [0.2, 0.25) is 0 Å². The van der Waals surface area contributed by atoms with Crippen molar-refractivity contribution in [3.8, 4) is 0 Å². The molecule has 0 bridgehead atoms. The number of hydrogen-bond donors (Lipinski definition) is 2. The van der Waals surface area contributed by atoms with Crippen LogP contribution in [0.25, 0.3) is 0 Å². The Balaban J connectivity index is 2.51. The molecule has 1 aromatic carbocycles. The summed E-state index contributed by atoms with van der Waals surface area (Å²) in [4.78, 5) is 22.8. The molecule has 20 heavy (non-hydrogen) atoms. The first-order valence-corrected chi connectivity index (χ1v) is 7.94. The van der Waals surface area contributed by atoms with Gasteiger partial charge >= 0.3 is 5.97 Å². The molecule has 0 saturated carbocycles. The van der Waals surface area contributed by atoms with Crippen LogP contribution < -0.4 is 5.32 Å². The smallest absolute Gasteiger partial charge is 0.335 e. The van der Waals surface area contributed by atoms with Gasteiger partial charge in [-0.05, 0) is 18.1 Å². The third-order valence-corrected chi connectivity index (χ3v) is 4.41. The fourth-order valence-corrected chi connectivity index (χ4v) is 2.15. The van der Waals surface area contributed by atoms with Crippen molar-refractivity contribution in [2.24, 2.45) is 0 Å². The molecule has 1 aromatic rings. The van der Waals surface area contributed by atoms with Crippen LogP contribution in [0, 0.1) is 0 Å². The number of hydrogen-bond acceptors (Lipinski definition) is 3. The summed E-state index contributed by atoms with van der Waals surface area (Å²) in [6.45, 7) is 2.30. The summed E-state index contributed by atoms with van der Waals surface area (Å²) >= 11 is 0. The Hall–Kier alpha value is -1.69. The van der Waals surface area contributed by atoms with Gasteiger partial charge in [-0.2, -0.15) is 0 Å². The van der Waals surface area contributed by atoms with Crippen LogP contribution in [-0.4, -0.2) is 39.2 Å². The maximum Gasteiger partial charge on any atom is 0.335 e. The molecule has 0 heterocycles. The maximum absolute atomic E-state index is 11.8. The van der Waals surface area contributed by atoms with E-state index >= 15 is 0 Å². The van der Waals surface area contributed by atoms with Gasteiger partial charge in [0.25, 0.3) is 0 Å². The monoisotopic (exact) mass is 297 g/mol. The topological polar surface area (TPSA) is 83.5 Å². The third-order valence-electron chi connectivity index (χ3n) is 3.04. The molecule has 2 atom stereocenters. The minimum absolute atomic E-state index is 0.0293. The molecule has 0 aliphatic carbocycles. The van der Waals surface area contributed by atoms with Crippen molar-refractivity contribution in [1.82, 2.24) is 5.32 Å². The number of carbonyl (C=O) groups excluding carboxylic acids is 1. The number of carboxylic acid groups (broad SMARTS) is 1. The van der Waals surface area contributed by atoms with Gasteiger partial charge in [0.1, 0.15) is 0 Å². The van der Waals surface area contributed by atoms with Crippen molar-refractivity contribution in [2.45, 2.75) is 25.0 Å². The maximum atomic E-state index is 11.8. The quantitative estimate of drug-likeness (QED) is 0.792. The summed E-state index contributed by atoms with van der Waals surface area (Å²) in [6, 6.07) is 6.44. The molecule has 1 amide bonds. The molecule has 0 spiro atoms. The lowest BCUT2D eigenvalue weighted by atomic mass is 10.0. The summed E-state index contributed by atoms with van der Waals surface area (Å²) in [5.74, 6) is -1.27. The van der Waals surface area contributed by atoms with E-state index in [4.69, 9.17) is 5.11 Å². The van der Waals surface area contributed by atoms with Crippen molar-refractivity contribution in [2.75, 3.05) is 12.8 Å². The number of nitrogens with one attached hydrogen (secondary N) is 1. The molecule has 0 fully saturated rings. The number of carboxylic acids is 1. The van der Waals surface area contributed by atoms with E-state index in [2.05, 4.69) is 5.32 Å². The summed E-state index contributed by atoms with van der Waals surface area (Å²) in [5, 5.41) is 11.8. The Labute approximate surface area is 120 Å². The van der Waals surface area contributed by atoms with Gasteiger partial charge in [-0.25, -0.2) is 4.79 Å². The molecule has 2 unspecified atom stereocenters. The van der Waals surface area contributed by atoms with Crippen LogP contribution in [0.4, 0.5) is 0 Å². The second kappa shape index (κ2) is 7.79. The van der Waals surface area contributed by atoms with Crippen molar-refractivity contribution in [3.63, 3.8) is 0 Å². The first-order valence-electron chi connectivity index (χ1n) is 6.32. The molecule has 1 rings (SSSR count). The largest absolute Gasteiger partial charge is 0.478 e. The van der Waals surface area contributed by atoms with Crippen LogP contribution >= 0.6 is 0 Å². The minimum atomic E-state index is -1.04. The van der Waals surface area contributed by atoms with Crippen molar-refractivity contribution < 1.29 is 18.9 Å². The van der Waals surface area contributed by atoms with Crippen molar-refractivity contribution >= 4 is 22.7 Å². The van der Waals surface area contributed by atoms with E-state index in [1.807, 2.05) is 6.92 Å². The minimum Gasteiger partial charge on any atom is -0.478 e. The second-order valence-electron chi connectivity index (χ2n) is 4.59. The van der Waals surface area contributed by atoms with E-state index < -0.39 is 16.8 Å². The summed E-state index contributed by atoms with van der Waals surface area (Å²) in [5.41, 5.74) is 0.635. The lowest BCUT2D eigenvalue weighted by molar-refractivity contribution is -0.120. The van der Waals surface area contributed by atoms with E-state index in [1.165, 1.54) is 6.07 Å². The number of carbonyl (C=O) groups is 2. The molecule has 0 aromatic heterocycles.